The average Bonchev–Trinajstić information content (AvgIpc) is 2.90. The minimum absolute atomic E-state index is 0.175. The van der Waals surface area contributed by atoms with Gasteiger partial charge >= 0.3 is 0 Å². The van der Waals surface area contributed by atoms with Crippen molar-refractivity contribution in [1.29, 1.82) is 0 Å². The summed E-state index contributed by atoms with van der Waals surface area (Å²) in [5.41, 5.74) is 0.789. The molecule has 4 nitrogen and oxygen atoms in total. The molecule has 23 heavy (non-hydrogen) atoms. The minimum Gasteiger partial charge on any atom is -0.493 e. The van der Waals surface area contributed by atoms with Crippen molar-refractivity contribution in [3.05, 3.63) is 53.3 Å². The highest BCUT2D eigenvalue weighted by atomic mass is 35.5. The molecule has 7 heteroatoms. The summed E-state index contributed by atoms with van der Waals surface area (Å²) in [5.74, 6) is -0.00266. The monoisotopic (exact) mass is 350 g/mol. The smallest absolute Gasteiger partial charge is 0.229 e. The van der Waals surface area contributed by atoms with Gasteiger partial charge in [-0.3, -0.25) is 4.79 Å². The van der Waals surface area contributed by atoms with Gasteiger partial charge in [-0.25, -0.2) is 9.37 Å². The number of rotatable bonds is 5. The highest BCUT2D eigenvalue weighted by Gasteiger charge is 2.08. The molecule has 1 amide bonds. The van der Waals surface area contributed by atoms with E-state index in [2.05, 4.69) is 10.3 Å². The van der Waals surface area contributed by atoms with Crippen LogP contribution in [0.2, 0.25) is 5.02 Å². The Morgan fingerprint density at radius 2 is 2.04 bits per heavy atom. The Hall–Kier alpha value is -2.18. The number of halogens is 2. The molecule has 0 radical (unpaired) electrons. The summed E-state index contributed by atoms with van der Waals surface area (Å²) >= 11 is 7.28. The third kappa shape index (κ3) is 4.18. The molecule has 118 valence electrons. The van der Waals surface area contributed by atoms with Gasteiger partial charge in [-0.1, -0.05) is 22.9 Å². The van der Waals surface area contributed by atoms with Crippen molar-refractivity contribution in [2.45, 2.75) is 6.42 Å². The lowest BCUT2D eigenvalue weighted by Gasteiger charge is -2.05. The predicted octanol–water partition coefficient (Wildman–Crippen LogP) is 4.50. The maximum Gasteiger partial charge on any atom is 0.229 e. The molecule has 0 saturated carbocycles. The van der Waals surface area contributed by atoms with Gasteiger partial charge in [-0.15, -0.1) is 0 Å². The maximum atomic E-state index is 12.8. The standard InChI is InChI=1S/C16H12ClFN2O2S/c17-10-1-6-13-14(9-10)23-16(19-13)20-15(21)7-8-22-12-4-2-11(18)3-5-12/h1-6,9H,7-8H2,(H,19,20,21). The Bertz CT molecular complexity index is 836. The molecular formula is C16H12ClFN2O2S. The molecule has 0 aliphatic rings. The molecule has 0 atom stereocenters. The molecule has 0 spiro atoms. The topological polar surface area (TPSA) is 51.2 Å². The van der Waals surface area contributed by atoms with E-state index >= 15 is 0 Å². The largest absolute Gasteiger partial charge is 0.493 e. The van der Waals surface area contributed by atoms with Gasteiger partial charge in [-0.2, -0.15) is 0 Å². The summed E-state index contributed by atoms with van der Waals surface area (Å²) in [6, 6.07) is 11.0. The second kappa shape index (κ2) is 6.93. The van der Waals surface area contributed by atoms with Gasteiger partial charge in [-0.05, 0) is 42.5 Å². The van der Waals surface area contributed by atoms with Crippen LogP contribution in [0.25, 0.3) is 10.2 Å². The minimum atomic E-state index is -0.328. The fraction of sp³-hybridized carbons (Fsp3) is 0.125. The van der Waals surface area contributed by atoms with Gasteiger partial charge in [0.05, 0.1) is 23.2 Å². The van der Waals surface area contributed by atoms with E-state index < -0.39 is 0 Å². The number of carbonyl (C=O) groups is 1. The number of nitrogens with one attached hydrogen (secondary N) is 1. The zero-order chi connectivity index (χ0) is 16.2. The van der Waals surface area contributed by atoms with Crippen molar-refractivity contribution < 1.29 is 13.9 Å². The summed E-state index contributed by atoms with van der Waals surface area (Å²) < 4.78 is 19.1. The van der Waals surface area contributed by atoms with E-state index in [1.807, 2.05) is 12.1 Å². The number of aromatic nitrogens is 1. The highest BCUT2D eigenvalue weighted by Crippen LogP contribution is 2.28. The van der Waals surface area contributed by atoms with Crippen molar-refractivity contribution >= 4 is 44.2 Å². The first kappa shape index (κ1) is 15.7. The van der Waals surface area contributed by atoms with Crippen molar-refractivity contribution in [3.8, 4) is 5.75 Å². The van der Waals surface area contributed by atoms with E-state index in [9.17, 15) is 9.18 Å². The molecule has 1 N–H and O–H groups in total. The summed E-state index contributed by atoms with van der Waals surface area (Å²) in [4.78, 5) is 16.2. The van der Waals surface area contributed by atoms with Crippen LogP contribution in [-0.4, -0.2) is 17.5 Å². The fourth-order valence-corrected chi connectivity index (χ4v) is 3.08. The zero-order valence-electron chi connectivity index (χ0n) is 11.9. The molecule has 1 heterocycles. The quantitative estimate of drug-likeness (QED) is 0.737. The third-order valence-electron chi connectivity index (χ3n) is 3.01. The maximum absolute atomic E-state index is 12.8. The number of carbonyl (C=O) groups excluding carboxylic acids is 1. The molecule has 0 fully saturated rings. The Labute approximate surface area is 140 Å². The molecule has 0 bridgehead atoms. The van der Waals surface area contributed by atoms with Crippen molar-refractivity contribution in [3.63, 3.8) is 0 Å². The van der Waals surface area contributed by atoms with E-state index in [1.165, 1.54) is 35.6 Å². The van der Waals surface area contributed by atoms with Gasteiger partial charge in [0, 0.05) is 5.02 Å². The number of amides is 1. The molecule has 3 rings (SSSR count). The molecule has 0 unspecified atom stereocenters. The summed E-state index contributed by atoms with van der Waals surface area (Å²) in [6.07, 6.45) is 0.175. The van der Waals surface area contributed by atoms with E-state index in [0.717, 1.165) is 10.2 Å². The van der Waals surface area contributed by atoms with Crippen molar-refractivity contribution in [2.24, 2.45) is 0 Å². The lowest BCUT2D eigenvalue weighted by Crippen LogP contribution is -2.15. The lowest BCUT2D eigenvalue weighted by molar-refractivity contribution is -0.116. The highest BCUT2D eigenvalue weighted by molar-refractivity contribution is 7.22. The number of ether oxygens (including phenoxy) is 1. The van der Waals surface area contributed by atoms with Crippen LogP contribution in [0.3, 0.4) is 0 Å². The van der Waals surface area contributed by atoms with Crippen LogP contribution in [-0.2, 0) is 4.79 Å². The number of hydrogen-bond acceptors (Lipinski definition) is 4. The van der Waals surface area contributed by atoms with Crippen molar-refractivity contribution in [1.82, 2.24) is 4.98 Å². The Morgan fingerprint density at radius 3 is 2.83 bits per heavy atom. The molecule has 0 aliphatic heterocycles. The van der Waals surface area contributed by atoms with Crippen molar-refractivity contribution in [2.75, 3.05) is 11.9 Å². The number of nitrogens with zero attached hydrogens (tertiary/aromatic N) is 1. The molecule has 2 aromatic carbocycles. The number of fused-ring (bicyclic) bond motifs is 1. The molecule has 0 saturated heterocycles. The Balaban J connectivity index is 1.53. The second-order valence-corrected chi connectivity index (χ2v) is 6.20. The van der Waals surface area contributed by atoms with Crippen LogP contribution >= 0.6 is 22.9 Å². The van der Waals surface area contributed by atoms with Gasteiger partial charge in [0.25, 0.3) is 0 Å². The predicted molar refractivity (Wildman–Crippen MR) is 89.8 cm³/mol. The molecule has 0 aliphatic carbocycles. The molecule has 3 aromatic rings. The van der Waals surface area contributed by atoms with Crippen LogP contribution < -0.4 is 10.1 Å². The van der Waals surface area contributed by atoms with Gasteiger partial charge in [0.15, 0.2) is 5.13 Å². The van der Waals surface area contributed by atoms with Crippen LogP contribution in [0, 0.1) is 5.82 Å². The average molecular weight is 351 g/mol. The SMILES string of the molecule is O=C(CCOc1ccc(F)cc1)Nc1nc2ccc(Cl)cc2s1. The van der Waals surface area contributed by atoms with E-state index in [4.69, 9.17) is 16.3 Å². The van der Waals surface area contributed by atoms with Crippen LogP contribution in [0.1, 0.15) is 6.42 Å². The van der Waals surface area contributed by atoms with Crippen LogP contribution in [0.15, 0.2) is 42.5 Å². The van der Waals surface area contributed by atoms with Crippen LogP contribution in [0.4, 0.5) is 9.52 Å². The van der Waals surface area contributed by atoms with E-state index in [1.54, 1.807) is 6.07 Å². The first-order valence-corrected chi connectivity index (χ1v) is 8.04. The fourth-order valence-electron chi connectivity index (χ4n) is 1.93. The third-order valence-corrected chi connectivity index (χ3v) is 4.18. The number of hydrogen-bond donors (Lipinski definition) is 1. The van der Waals surface area contributed by atoms with Crippen LogP contribution in [0.5, 0.6) is 5.75 Å². The Morgan fingerprint density at radius 1 is 1.26 bits per heavy atom. The Kier molecular flexibility index (Phi) is 4.73. The molecular weight excluding hydrogens is 339 g/mol. The number of benzene rings is 2. The summed E-state index contributed by atoms with van der Waals surface area (Å²) in [6.45, 7) is 0.203. The lowest BCUT2D eigenvalue weighted by atomic mass is 10.3. The van der Waals surface area contributed by atoms with E-state index in [-0.39, 0.29) is 24.8 Å². The zero-order valence-corrected chi connectivity index (χ0v) is 13.5. The summed E-state index contributed by atoms with van der Waals surface area (Å²) in [5, 5.41) is 3.89. The number of anilines is 1. The second-order valence-electron chi connectivity index (χ2n) is 4.73. The van der Waals surface area contributed by atoms with Gasteiger partial charge < -0.3 is 10.1 Å². The summed E-state index contributed by atoms with van der Waals surface area (Å²) in [7, 11) is 0. The molecule has 1 aromatic heterocycles. The normalized spacial score (nSPS) is 10.7. The van der Waals surface area contributed by atoms with Gasteiger partial charge in [0.2, 0.25) is 5.91 Å². The first-order chi connectivity index (χ1) is 11.1. The van der Waals surface area contributed by atoms with Gasteiger partial charge in [0.1, 0.15) is 11.6 Å². The van der Waals surface area contributed by atoms with E-state index in [0.29, 0.717) is 15.9 Å². The first-order valence-electron chi connectivity index (χ1n) is 6.84. The number of thiazole rings is 1.